The maximum atomic E-state index is 14.1. The Morgan fingerprint density at radius 3 is 2.20 bits per heavy atom. The highest BCUT2D eigenvalue weighted by atomic mass is 19.1. The molecule has 206 valence electrons. The van der Waals surface area contributed by atoms with E-state index in [9.17, 15) is 14.0 Å². The third-order valence-corrected chi connectivity index (χ3v) is 7.74. The van der Waals surface area contributed by atoms with Crippen LogP contribution in [0.4, 0.5) is 10.1 Å². The number of nitrogens with one attached hydrogen (secondary N) is 1. The van der Waals surface area contributed by atoms with Crippen molar-refractivity contribution in [2.24, 2.45) is 11.8 Å². The first kappa shape index (κ1) is 27.4. The Kier molecular flexibility index (Phi) is 8.15. The van der Waals surface area contributed by atoms with Crippen molar-refractivity contribution < 1.29 is 18.7 Å². The van der Waals surface area contributed by atoms with Gasteiger partial charge in [-0.05, 0) is 78.1 Å². The molecule has 2 atom stereocenters. The molecule has 40 heavy (non-hydrogen) atoms. The minimum Gasteiger partial charge on any atom is -0.469 e. The number of nitrogens with zero attached hydrogens (tertiary/aromatic N) is 1. The molecule has 0 aliphatic heterocycles. The Labute approximate surface area is 235 Å². The molecule has 1 fully saturated rings. The lowest BCUT2D eigenvalue weighted by Gasteiger charge is -2.17. The molecule has 0 spiro atoms. The van der Waals surface area contributed by atoms with Gasteiger partial charge in [-0.1, -0.05) is 62.4 Å². The average molecular weight is 539 g/mol. The molecular formula is C34H35FN2O3. The number of hydrogen-bond acceptors (Lipinski definition) is 3. The van der Waals surface area contributed by atoms with E-state index in [-0.39, 0.29) is 23.6 Å². The van der Waals surface area contributed by atoms with Gasteiger partial charge in [0.15, 0.2) is 0 Å². The lowest BCUT2D eigenvalue weighted by molar-refractivity contribution is -0.141. The van der Waals surface area contributed by atoms with Crippen molar-refractivity contribution in [3.63, 3.8) is 0 Å². The van der Waals surface area contributed by atoms with Crippen molar-refractivity contribution in [2.75, 3.05) is 12.4 Å². The topological polar surface area (TPSA) is 60.3 Å². The van der Waals surface area contributed by atoms with Gasteiger partial charge in [0.2, 0.25) is 0 Å². The minimum absolute atomic E-state index is 0.0400. The summed E-state index contributed by atoms with van der Waals surface area (Å²) in [5.41, 5.74) is 5.81. The Morgan fingerprint density at radius 1 is 0.925 bits per heavy atom. The molecule has 1 aliphatic rings. The molecular weight excluding hydrogens is 503 g/mol. The van der Waals surface area contributed by atoms with Gasteiger partial charge in [0.25, 0.3) is 5.91 Å². The lowest BCUT2D eigenvalue weighted by atomic mass is 9.94. The van der Waals surface area contributed by atoms with Crippen molar-refractivity contribution in [2.45, 2.75) is 45.6 Å². The molecule has 1 heterocycles. The van der Waals surface area contributed by atoms with Gasteiger partial charge in [-0.2, -0.15) is 0 Å². The monoisotopic (exact) mass is 538 g/mol. The molecule has 0 bridgehead atoms. The van der Waals surface area contributed by atoms with Crippen LogP contribution in [-0.2, 0) is 16.1 Å². The van der Waals surface area contributed by atoms with Crippen LogP contribution in [0, 0.1) is 17.7 Å². The second kappa shape index (κ2) is 11.9. The summed E-state index contributed by atoms with van der Waals surface area (Å²) in [5, 5.41) is 3.11. The Morgan fingerprint density at radius 2 is 1.57 bits per heavy atom. The molecule has 0 saturated heterocycles. The summed E-state index contributed by atoms with van der Waals surface area (Å²) >= 11 is 0. The summed E-state index contributed by atoms with van der Waals surface area (Å²) in [6.07, 6.45) is 2.30. The summed E-state index contributed by atoms with van der Waals surface area (Å²) in [7, 11) is 1.43. The highest BCUT2D eigenvalue weighted by Gasteiger charge is 2.39. The molecule has 1 aliphatic carbocycles. The van der Waals surface area contributed by atoms with Gasteiger partial charge in [0.1, 0.15) is 5.82 Å². The van der Waals surface area contributed by atoms with Crippen LogP contribution in [0.15, 0.2) is 84.9 Å². The quantitative estimate of drug-likeness (QED) is 0.209. The van der Waals surface area contributed by atoms with Crippen molar-refractivity contribution in [1.82, 2.24) is 4.57 Å². The maximum absolute atomic E-state index is 14.1. The van der Waals surface area contributed by atoms with Crippen molar-refractivity contribution >= 4 is 17.6 Å². The number of para-hydroxylation sites is 1. The number of benzene rings is 3. The van der Waals surface area contributed by atoms with E-state index >= 15 is 0 Å². The summed E-state index contributed by atoms with van der Waals surface area (Å²) in [6.45, 7) is 4.89. The number of carbonyl (C=O) groups excluding carboxylic acids is 2. The van der Waals surface area contributed by atoms with E-state index in [4.69, 9.17) is 4.74 Å². The van der Waals surface area contributed by atoms with Crippen LogP contribution >= 0.6 is 0 Å². The van der Waals surface area contributed by atoms with Crippen LogP contribution in [0.5, 0.6) is 0 Å². The smallest absolute Gasteiger partial charge is 0.305 e. The summed E-state index contributed by atoms with van der Waals surface area (Å²) in [4.78, 5) is 25.9. The number of aromatic nitrogens is 1. The molecule has 1 aromatic heterocycles. The number of halogens is 1. The van der Waals surface area contributed by atoms with E-state index < -0.39 is 0 Å². The molecule has 4 aromatic rings. The molecule has 1 N–H and O–H groups in total. The Balaban J connectivity index is 1.66. The standard InChI is InChI=1S/C34H35FN2O3/c1-22(2)32-31(34(39)36-28-12-8-5-9-13-28)30(23-10-6-4-7-11-23)33(24-14-16-27(35)17-15-24)37(32)19-18-25-20-26(25)21-29(38)40-3/h4-17,22,25-26H,18-21H2,1-3H3,(H,36,39). The number of amides is 1. The zero-order valence-electron chi connectivity index (χ0n) is 23.2. The fourth-order valence-electron chi connectivity index (χ4n) is 5.71. The number of rotatable bonds is 10. The molecule has 3 aromatic carbocycles. The zero-order valence-corrected chi connectivity index (χ0v) is 23.2. The van der Waals surface area contributed by atoms with Crippen molar-refractivity contribution in [3.8, 4) is 22.4 Å². The van der Waals surface area contributed by atoms with Gasteiger partial charge >= 0.3 is 5.97 Å². The van der Waals surface area contributed by atoms with Crippen LogP contribution in [0.25, 0.3) is 22.4 Å². The van der Waals surface area contributed by atoms with Gasteiger partial charge in [-0.15, -0.1) is 0 Å². The number of methoxy groups -OCH3 is 1. The van der Waals surface area contributed by atoms with Crippen LogP contribution in [0.2, 0.25) is 0 Å². The number of ether oxygens (including phenoxy) is 1. The highest BCUT2D eigenvalue weighted by Crippen LogP contribution is 2.47. The van der Waals surface area contributed by atoms with Gasteiger partial charge < -0.3 is 14.6 Å². The number of esters is 1. The first-order valence-electron chi connectivity index (χ1n) is 13.9. The first-order valence-corrected chi connectivity index (χ1v) is 13.9. The van der Waals surface area contributed by atoms with Crippen LogP contribution < -0.4 is 5.32 Å². The van der Waals surface area contributed by atoms with E-state index in [0.29, 0.717) is 30.4 Å². The minimum atomic E-state index is -0.308. The number of carbonyl (C=O) groups is 2. The van der Waals surface area contributed by atoms with E-state index in [1.54, 1.807) is 12.1 Å². The fourth-order valence-corrected chi connectivity index (χ4v) is 5.71. The second-order valence-corrected chi connectivity index (χ2v) is 10.8. The van der Waals surface area contributed by atoms with Crippen LogP contribution in [0.3, 0.4) is 0 Å². The molecule has 6 heteroatoms. The number of hydrogen-bond donors (Lipinski definition) is 1. The van der Waals surface area contributed by atoms with Crippen LogP contribution in [0.1, 0.15) is 55.1 Å². The van der Waals surface area contributed by atoms with E-state index in [2.05, 4.69) is 23.7 Å². The Bertz CT molecular complexity index is 1480. The lowest BCUT2D eigenvalue weighted by Crippen LogP contribution is -2.16. The predicted molar refractivity (Wildman–Crippen MR) is 157 cm³/mol. The largest absolute Gasteiger partial charge is 0.469 e. The van der Waals surface area contributed by atoms with Gasteiger partial charge in [-0.3, -0.25) is 9.59 Å². The predicted octanol–water partition coefficient (Wildman–Crippen LogP) is 7.93. The molecule has 5 nitrogen and oxygen atoms in total. The molecule has 2 unspecified atom stereocenters. The molecule has 1 saturated carbocycles. The fraction of sp³-hybridized carbons (Fsp3) is 0.294. The van der Waals surface area contributed by atoms with Crippen molar-refractivity contribution in [1.29, 1.82) is 0 Å². The third-order valence-electron chi connectivity index (χ3n) is 7.74. The van der Waals surface area contributed by atoms with Gasteiger partial charge in [0.05, 0.1) is 18.4 Å². The third kappa shape index (κ3) is 5.86. The SMILES string of the molecule is COC(=O)CC1CC1CCn1c(-c2ccc(F)cc2)c(-c2ccccc2)c(C(=O)Nc2ccccc2)c1C(C)C. The van der Waals surface area contributed by atoms with E-state index in [1.165, 1.54) is 19.2 Å². The molecule has 0 radical (unpaired) electrons. The Hall–Kier alpha value is -4.19. The summed E-state index contributed by atoms with van der Waals surface area (Å²) < 4.78 is 21.2. The molecule has 5 rings (SSSR count). The second-order valence-electron chi connectivity index (χ2n) is 10.8. The maximum Gasteiger partial charge on any atom is 0.305 e. The normalized spacial score (nSPS) is 16.1. The average Bonchev–Trinajstić information content (AvgIpc) is 3.60. The van der Waals surface area contributed by atoms with Gasteiger partial charge in [0, 0.05) is 29.9 Å². The highest BCUT2D eigenvalue weighted by molar-refractivity contribution is 6.12. The first-order chi connectivity index (χ1) is 19.4. The van der Waals surface area contributed by atoms with Gasteiger partial charge in [-0.25, -0.2) is 4.39 Å². The summed E-state index contributed by atoms with van der Waals surface area (Å²) in [6, 6.07) is 25.9. The zero-order chi connectivity index (χ0) is 28.2. The van der Waals surface area contributed by atoms with E-state index in [1.807, 2.05) is 60.7 Å². The number of anilines is 1. The van der Waals surface area contributed by atoms with Crippen LogP contribution in [-0.4, -0.2) is 23.6 Å². The van der Waals surface area contributed by atoms with Crippen molar-refractivity contribution in [3.05, 3.63) is 102 Å². The summed E-state index contributed by atoms with van der Waals surface area (Å²) in [5.74, 6) is 0.134. The molecule has 1 amide bonds. The van der Waals surface area contributed by atoms with E-state index in [0.717, 1.165) is 46.6 Å².